The molecule has 2 N–H and O–H groups in total. The zero-order chi connectivity index (χ0) is 20.1. The lowest BCUT2D eigenvalue weighted by Gasteiger charge is -2.22. The van der Waals surface area contributed by atoms with Crippen LogP contribution in [0.3, 0.4) is 0 Å². The van der Waals surface area contributed by atoms with Gasteiger partial charge in [0.15, 0.2) is 0 Å². The lowest BCUT2D eigenvalue weighted by molar-refractivity contribution is -0.123. The number of amides is 1. The zero-order valence-corrected chi connectivity index (χ0v) is 17.5. The van der Waals surface area contributed by atoms with Crippen LogP contribution in [0.5, 0.6) is 0 Å². The number of benzene rings is 2. The Kier molecular flexibility index (Phi) is 6.99. The van der Waals surface area contributed by atoms with E-state index in [4.69, 9.17) is 23.2 Å². The number of nitrogens with one attached hydrogen (secondary N) is 2. The van der Waals surface area contributed by atoms with Gasteiger partial charge in [0.05, 0.1) is 10.0 Å². The van der Waals surface area contributed by atoms with Gasteiger partial charge in [-0.3, -0.25) is 4.79 Å². The summed E-state index contributed by atoms with van der Waals surface area (Å²) in [7, 11) is -4.09. The van der Waals surface area contributed by atoms with E-state index in [1.807, 2.05) is 30.3 Å². The fraction of sp³-hybridized carbons (Fsp3) is 0.350. The molecule has 0 aromatic heterocycles. The molecule has 1 aliphatic carbocycles. The first-order valence-corrected chi connectivity index (χ1v) is 11.4. The third kappa shape index (κ3) is 5.26. The van der Waals surface area contributed by atoms with Crippen molar-refractivity contribution in [2.75, 3.05) is 0 Å². The van der Waals surface area contributed by atoms with E-state index < -0.39 is 16.1 Å². The number of hydrogen-bond acceptors (Lipinski definition) is 3. The topological polar surface area (TPSA) is 75.3 Å². The van der Waals surface area contributed by atoms with Crippen molar-refractivity contribution in [2.24, 2.45) is 0 Å². The molecule has 0 spiro atoms. The molecule has 2 aromatic rings. The standard InChI is InChI=1S/C20H22Cl2N2O3S/c21-16-11-6-12-17(22)19(16)28(26,27)24-18(13-14-7-2-1-3-8-14)20(25)23-15-9-4-5-10-15/h1-3,6-8,11-12,15,18,24H,4-5,9-10,13H2,(H,23,25). The average molecular weight is 441 g/mol. The molecule has 0 saturated heterocycles. The van der Waals surface area contributed by atoms with Crippen molar-refractivity contribution in [3.05, 3.63) is 64.1 Å². The van der Waals surface area contributed by atoms with Crippen LogP contribution in [0.15, 0.2) is 53.4 Å². The van der Waals surface area contributed by atoms with Crippen LogP contribution in [0, 0.1) is 0 Å². The average Bonchev–Trinajstić information content (AvgIpc) is 3.14. The zero-order valence-electron chi connectivity index (χ0n) is 15.2. The quantitative estimate of drug-likeness (QED) is 0.684. The number of sulfonamides is 1. The molecule has 1 unspecified atom stereocenters. The van der Waals surface area contributed by atoms with E-state index in [9.17, 15) is 13.2 Å². The van der Waals surface area contributed by atoms with Gasteiger partial charge in [-0.25, -0.2) is 8.42 Å². The largest absolute Gasteiger partial charge is 0.352 e. The van der Waals surface area contributed by atoms with Crippen molar-refractivity contribution < 1.29 is 13.2 Å². The first-order valence-electron chi connectivity index (χ1n) is 9.17. The Labute approximate surface area is 175 Å². The summed E-state index contributed by atoms with van der Waals surface area (Å²) in [6.07, 6.45) is 4.17. The number of halogens is 2. The van der Waals surface area contributed by atoms with Crippen molar-refractivity contribution >= 4 is 39.1 Å². The molecule has 5 nitrogen and oxygen atoms in total. The van der Waals surface area contributed by atoms with E-state index >= 15 is 0 Å². The summed E-state index contributed by atoms with van der Waals surface area (Å²) in [5.41, 5.74) is 0.849. The second-order valence-corrected chi connectivity index (χ2v) is 9.37. The summed E-state index contributed by atoms with van der Waals surface area (Å²) in [5, 5.41) is 2.99. The minimum Gasteiger partial charge on any atom is -0.352 e. The van der Waals surface area contributed by atoms with E-state index in [0.29, 0.717) is 0 Å². The summed E-state index contributed by atoms with van der Waals surface area (Å²) in [4.78, 5) is 12.7. The van der Waals surface area contributed by atoms with E-state index in [1.165, 1.54) is 12.1 Å². The molecular formula is C20H22Cl2N2O3S. The second-order valence-electron chi connectivity index (χ2n) is 6.90. The fourth-order valence-corrected chi connectivity index (χ4v) is 5.73. The molecule has 0 aliphatic heterocycles. The molecule has 150 valence electrons. The van der Waals surface area contributed by atoms with Crippen molar-refractivity contribution in [2.45, 2.75) is 49.1 Å². The number of carbonyl (C=O) groups excluding carboxylic acids is 1. The van der Waals surface area contributed by atoms with Gasteiger partial charge in [0.25, 0.3) is 0 Å². The summed E-state index contributed by atoms with van der Waals surface area (Å²) < 4.78 is 28.4. The highest BCUT2D eigenvalue weighted by Gasteiger charge is 2.30. The molecule has 1 amide bonds. The predicted molar refractivity (Wildman–Crippen MR) is 111 cm³/mol. The van der Waals surface area contributed by atoms with Crippen LogP contribution in [0.1, 0.15) is 31.2 Å². The normalized spacial score (nSPS) is 16.1. The Balaban J connectivity index is 1.86. The third-order valence-corrected chi connectivity index (χ3v) is 7.21. The van der Waals surface area contributed by atoms with E-state index in [0.717, 1.165) is 31.2 Å². The van der Waals surface area contributed by atoms with Crippen LogP contribution in [-0.4, -0.2) is 26.4 Å². The van der Waals surface area contributed by atoms with Gasteiger partial charge >= 0.3 is 0 Å². The lowest BCUT2D eigenvalue weighted by Crippen LogP contribution is -2.50. The highest BCUT2D eigenvalue weighted by molar-refractivity contribution is 7.89. The van der Waals surface area contributed by atoms with Gasteiger partial charge in [0.2, 0.25) is 15.9 Å². The fourth-order valence-electron chi connectivity index (χ4n) is 3.40. The molecule has 8 heteroatoms. The minimum absolute atomic E-state index is 0.00895. The third-order valence-electron chi connectivity index (χ3n) is 4.79. The summed E-state index contributed by atoms with van der Waals surface area (Å²) in [5.74, 6) is -0.345. The predicted octanol–water partition coefficient (Wildman–Crippen LogP) is 3.94. The highest BCUT2D eigenvalue weighted by Crippen LogP contribution is 2.29. The SMILES string of the molecule is O=C(NC1CCCC1)C(Cc1ccccc1)NS(=O)(=O)c1c(Cl)cccc1Cl. The summed E-state index contributed by atoms with van der Waals surface area (Å²) in [6.45, 7) is 0. The van der Waals surface area contributed by atoms with Crippen LogP contribution in [0.25, 0.3) is 0 Å². The van der Waals surface area contributed by atoms with Gasteiger partial charge in [-0.05, 0) is 37.0 Å². The first-order chi connectivity index (χ1) is 13.4. The Bertz CT molecular complexity index is 909. The van der Waals surface area contributed by atoms with Gasteiger partial charge in [0.1, 0.15) is 10.9 Å². The molecule has 1 fully saturated rings. The Morgan fingerprint density at radius 3 is 2.21 bits per heavy atom. The molecule has 1 saturated carbocycles. The van der Waals surface area contributed by atoms with Crippen LogP contribution in [0.4, 0.5) is 0 Å². The van der Waals surface area contributed by atoms with Gasteiger partial charge in [-0.2, -0.15) is 4.72 Å². The summed E-state index contributed by atoms with van der Waals surface area (Å²) >= 11 is 12.1. The number of rotatable bonds is 7. The molecule has 0 bridgehead atoms. The highest BCUT2D eigenvalue weighted by atomic mass is 35.5. The van der Waals surface area contributed by atoms with Crippen LogP contribution in [0.2, 0.25) is 10.0 Å². The second kappa shape index (κ2) is 9.27. The van der Waals surface area contributed by atoms with Crippen molar-refractivity contribution in [3.63, 3.8) is 0 Å². The van der Waals surface area contributed by atoms with Gasteiger partial charge < -0.3 is 5.32 Å². The maximum Gasteiger partial charge on any atom is 0.244 e. The Morgan fingerprint density at radius 1 is 1.00 bits per heavy atom. The van der Waals surface area contributed by atoms with Gasteiger partial charge in [-0.15, -0.1) is 0 Å². The maximum absolute atomic E-state index is 13.0. The van der Waals surface area contributed by atoms with Crippen molar-refractivity contribution in [1.29, 1.82) is 0 Å². The molecule has 1 atom stereocenters. The first kappa shape index (κ1) is 21.1. The molecule has 0 heterocycles. The summed E-state index contributed by atoms with van der Waals surface area (Å²) in [6, 6.07) is 12.8. The Hall–Kier alpha value is -1.60. The molecular weight excluding hydrogens is 419 g/mol. The maximum atomic E-state index is 13.0. The van der Waals surface area contributed by atoms with Crippen molar-refractivity contribution in [1.82, 2.24) is 10.0 Å². The van der Waals surface area contributed by atoms with E-state index in [-0.39, 0.29) is 33.3 Å². The van der Waals surface area contributed by atoms with Crippen LogP contribution >= 0.6 is 23.2 Å². The van der Waals surface area contributed by atoms with Gasteiger partial charge in [0, 0.05) is 6.04 Å². The van der Waals surface area contributed by atoms with Crippen LogP contribution in [-0.2, 0) is 21.2 Å². The van der Waals surface area contributed by atoms with Crippen LogP contribution < -0.4 is 10.0 Å². The van der Waals surface area contributed by atoms with E-state index in [1.54, 1.807) is 6.07 Å². The molecule has 0 radical (unpaired) electrons. The monoisotopic (exact) mass is 440 g/mol. The van der Waals surface area contributed by atoms with E-state index in [2.05, 4.69) is 10.0 Å². The van der Waals surface area contributed by atoms with Gasteiger partial charge in [-0.1, -0.05) is 72.4 Å². The number of carbonyl (C=O) groups is 1. The lowest BCUT2D eigenvalue weighted by atomic mass is 10.1. The minimum atomic E-state index is -4.09. The molecule has 28 heavy (non-hydrogen) atoms. The van der Waals surface area contributed by atoms with Crippen molar-refractivity contribution in [3.8, 4) is 0 Å². The Morgan fingerprint density at radius 2 is 1.61 bits per heavy atom. The number of hydrogen-bond donors (Lipinski definition) is 2. The molecule has 2 aromatic carbocycles. The molecule has 1 aliphatic rings. The smallest absolute Gasteiger partial charge is 0.244 e. The molecule has 3 rings (SSSR count).